The number of anilines is 1. The summed E-state index contributed by atoms with van der Waals surface area (Å²) in [4.78, 5) is 24.9. The van der Waals surface area contributed by atoms with Gasteiger partial charge in [0.1, 0.15) is 17.3 Å². The molecule has 0 spiro atoms. The number of ether oxygens (including phenoxy) is 1. The molecule has 4 aromatic rings. The van der Waals surface area contributed by atoms with E-state index in [1.165, 1.54) is 36.4 Å². The van der Waals surface area contributed by atoms with Crippen LogP contribution >= 0.6 is 0 Å². The molecule has 148 valence electrons. The lowest BCUT2D eigenvalue weighted by Crippen LogP contribution is -2.25. The van der Waals surface area contributed by atoms with E-state index in [0.29, 0.717) is 22.9 Å². The van der Waals surface area contributed by atoms with Gasteiger partial charge < -0.3 is 10.1 Å². The molecular weight excluding hydrogens is 385 g/mol. The van der Waals surface area contributed by atoms with E-state index in [1.807, 2.05) is 18.2 Å². The van der Waals surface area contributed by atoms with Gasteiger partial charge in [-0.05, 0) is 54.6 Å². The molecule has 1 aromatic heterocycles. The van der Waals surface area contributed by atoms with E-state index in [9.17, 15) is 14.0 Å². The summed E-state index contributed by atoms with van der Waals surface area (Å²) in [6, 6.07) is 24.0. The van der Waals surface area contributed by atoms with Crippen LogP contribution in [0.1, 0.15) is 10.5 Å². The van der Waals surface area contributed by atoms with Crippen LogP contribution < -0.4 is 15.6 Å². The fraction of sp³-hybridized carbons (Fsp3) is 0. The highest BCUT2D eigenvalue weighted by molar-refractivity contribution is 6.03. The molecule has 0 aliphatic carbocycles. The summed E-state index contributed by atoms with van der Waals surface area (Å²) in [5.74, 6) is 0.136. The highest BCUT2D eigenvalue weighted by Crippen LogP contribution is 2.29. The van der Waals surface area contributed by atoms with Crippen LogP contribution in [0.3, 0.4) is 0 Å². The molecule has 0 atom stereocenters. The lowest BCUT2D eigenvalue weighted by molar-refractivity contribution is 0.102. The fourth-order valence-corrected chi connectivity index (χ4v) is 2.76. The van der Waals surface area contributed by atoms with E-state index in [-0.39, 0.29) is 5.69 Å². The topological polar surface area (TPSA) is 73.2 Å². The van der Waals surface area contributed by atoms with Gasteiger partial charge in [0.05, 0.1) is 11.4 Å². The molecule has 0 aliphatic heterocycles. The number of carbonyl (C=O) groups is 1. The minimum absolute atomic E-state index is 0.0217. The largest absolute Gasteiger partial charge is 0.455 e. The van der Waals surface area contributed by atoms with Crippen LogP contribution in [-0.2, 0) is 0 Å². The Kier molecular flexibility index (Phi) is 5.34. The molecule has 6 nitrogen and oxygen atoms in total. The molecule has 0 aliphatic rings. The van der Waals surface area contributed by atoms with Crippen molar-refractivity contribution >= 4 is 11.6 Å². The number of aromatic nitrogens is 2. The van der Waals surface area contributed by atoms with E-state index >= 15 is 0 Å². The number of halogens is 1. The maximum absolute atomic E-state index is 13.2. The number of amides is 1. The zero-order valence-corrected chi connectivity index (χ0v) is 15.7. The molecule has 7 heteroatoms. The Balaban J connectivity index is 1.60. The van der Waals surface area contributed by atoms with Crippen LogP contribution in [-0.4, -0.2) is 15.7 Å². The zero-order valence-electron chi connectivity index (χ0n) is 15.7. The molecule has 3 aromatic carbocycles. The van der Waals surface area contributed by atoms with E-state index < -0.39 is 17.3 Å². The van der Waals surface area contributed by atoms with Gasteiger partial charge in [-0.15, -0.1) is 0 Å². The number of hydrogen-bond donors (Lipinski definition) is 1. The van der Waals surface area contributed by atoms with E-state index in [1.54, 1.807) is 36.4 Å². The lowest BCUT2D eigenvalue weighted by atomic mass is 10.2. The van der Waals surface area contributed by atoms with E-state index in [4.69, 9.17) is 4.74 Å². The first-order valence-electron chi connectivity index (χ1n) is 9.10. The summed E-state index contributed by atoms with van der Waals surface area (Å²) in [6.07, 6.45) is 0. The van der Waals surface area contributed by atoms with Crippen LogP contribution in [0.15, 0.2) is 95.8 Å². The minimum Gasteiger partial charge on any atom is -0.455 e. The summed E-state index contributed by atoms with van der Waals surface area (Å²) in [5.41, 5.74) is 0.385. The molecule has 1 heterocycles. The van der Waals surface area contributed by atoms with Gasteiger partial charge in [-0.1, -0.05) is 30.3 Å². The first-order valence-corrected chi connectivity index (χ1v) is 9.10. The van der Waals surface area contributed by atoms with Crippen molar-refractivity contribution in [2.45, 2.75) is 0 Å². The van der Waals surface area contributed by atoms with Crippen molar-refractivity contribution in [1.82, 2.24) is 9.78 Å². The smallest absolute Gasteiger partial charge is 0.276 e. The monoisotopic (exact) mass is 401 g/mol. The number of carbonyl (C=O) groups excluding carboxylic acids is 1. The van der Waals surface area contributed by atoms with Crippen LogP contribution in [0.2, 0.25) is 0 Å². The maximum atomic E-state index is 13.2. The molecule has 1 N–H and O–H groups in total. The summed E-state index contributed by atoms with van der Waals surface area (Å²) >= 11 is 0. The molecule has 30 heavy (non-hydrogen) atoms. The van der Waals surface area contributed by atoms with Gasteiger partial charge in [0, 0.05) is 6.07 Å². The summed E-state index contributed by atoms with van der Waals surface area (Å²) < 4.78 is 20.0. The van der Waals surface area contributed by atoms with Gasteiger partial charge in [0.15, 0.2) is 5.75 Å². The third-order valence-electron chi connectivity index (χ3n) is 4.21. The molecule has 4 rings (SSSR count). The first kappa shape index (κ1) is 19.1. The van der Waals surface area contributed by atoms with Gasteiger partial charge in [0.25, 0.3) is 11.5 Å². The van der Waals surface area contributed by atoms with Gasteiger partial charge in [-0.25, -0.2) is 4.39 Å². The zero-order chi connectivity index (χ0) is 20.9. The summed E-state index contributed by atoms with van der Waals surface area (Å²) in [5, 5.41) is 6.86. The Morgan fingerprint density at radius 3 is 2.33 bits per heavy atom. The molecule has 0 saturated carbocycles. The van der Waals surface area contributed by atoms with Crippen molar-refractivity contribution in [1.29, 1.82) is 0 Å². The van der Waals surface area contributed by atoms with Gasteiger partial charge >= 0.3 is 0 Å². The number of nitrogens with zero attached hydrogens (tertiary/aromatic N) is 2. The molecule has 1 amide bonds. The second-order valence-corrected chi connectivity index (χ2v) is 6.31. The highest BCUT2D eigenvalue weighted by atomic mass is 19.1. The second kappa shape index (κ2) is 8.40. The van der Waals surface area contributed by atoms with Gasteiger partial charge in [-0.3, -0.25) is 9.59 Å². The van der Waals surface area contributed by atoms with Crippen molar-refractivity contribution in [3.63, 3.8) is 0 Å². The standard InChI is InChI=1S/C23H16FN3O3/c24-16-10-12-17(13-11-16)27-22(28)15-14-20(26-27)23(29)25-19-8-4-5-9-21(19)30-18-6-2-1-3-7-18/h1-15H,(H,25,29). The Labute approximate surface area is 171 Å². The van der Waals surface area contributed by atoms with E-state index in [0.717, 1.165) is 4.68 Å². The Morgan fingerprint density at radius 1 is 0.867 bits per heavy atom. The van der Waals surface area contributed by atoms with Gasteiger partial charge in [0.2, 0.25) is 0 Å². The Morgan fingerprint density at radius 2 is 1.57 bits per heavy atom. The third kappa shape index (κ3) is 4.25. The predicted molar refractivity (Wildman–Crippen MR) is 111 cm³/mol. The van der Waals surface area contributed by atoms with Crippen molar-refractivity contribution in [2.75, 3.05) is 5.32 Å². The van der Waals surface area contributed by atoms with Gasteiger partial charge in [-0.2, -0.15) is 9.78 Å². The van der Waals surface area contributed by atoms with Crippen molar-refractivity contribution in [2.24, 2.45) is 0 Å². The Bertz CT molecular complexity index is 1240. The SMILES string of the molecule is O=C(Nc1ccccc1Oc1ccccc1)c1ccc(=O)n(-c2ccc(F)cc2)n1. The predicted octanol–water partition coefficient (Wildman–Crippen LogP) is 4.42. The molecule has 0 unspecified atom stereocenters. The normalized spacial score (nSPS) is 10.4. The average molecular weight is 401 g/mol. The highest BCUT2D eigenvalue weighted by Gasteiger charge is 2.14. The quantitative estimate of drug-likeness (QED) is 0.537. The van der Waals surface area contributed by atoms with Crippen LogP contribution in [0.4, 0.5) is 10.1 Å². The number of para-hydroxylation sites is 3. The molecule has 0 fully saturated rings. The molecular formula is C23H16FN3O3. The third-order valence-corrected chi connectivity index (χ3v) is 4.21. The molecule has 0 bridgehead atoms. The van der Waals surface area contributed by atoms with Crippen LogP contribution in [0.5, 0.6) is 11.5 Å². The maximum Gasteiger partial charge on any atom is 0.276 e. The number of benzene rings is 3. The summed E-state index contributed by atoms with van der Waals surface area (Å²) in [7, 11) is 0. The van der Waals surface area contributed by atoms with Crippen LogP contribution in [0.25, 0.3) is 5.69 Å². The number of rotatable bonds is 5. The first-order chi connectivity index (χ1) is 14.6. The minimum atomic E-state index is -0.519. The number of nitrogens with one attached hydrogen (secondary N) is 1. The van der Waals surface area contributed by atoms with E-state index in [2.05, 4.69) is 10.4 Å². The summed E-state index contributed by atoms with van der Waals surface area (Å²) in [6.45, 7) is 0. The van der Waals surface area contributed by atoms with Crippen LogP contribution in [0, 0.1) is 5.82 Å². The molecule has 0 saturated heterocycles. The van der Waals surface area contributed by atoms with Crippen molar-refractivity contribution < 1.29 is 13.9 Å². The average Bonchev–Trinajstić information content (AvgIpc) is 2.77. The Hall–Kier alpha value is -4.26. The molecule has 0 radical (unpaired) electrons. The number of hydrogen-bond acceptors (Lipinski definition) is 4. The lowest BCUT2D eigenvalue weighted by Gasteiger charge is -2.12. The van der Waals surface area contributed by atoms with Crippen molar-refractivity contribution in [3.05, 3.63) is 113 Å². The second-order valence-electron chi connectivity index (χ2n) is 6.31. The van der Waals surface area contributed by atoms with Crippen molar-refractivity contribution in [3.8, 4) is 17.2 Å². The fourth-order valence-electron chi connectivity index (χ4n) is 2.76.